The molecule has 9 amide bonds. The summed E-state index contributed by atoms with van der Waals surface area (Å²) in [6, 6.07) is -9.81. The Hall–Kier alpha value is -4.77. The first-order chi connectivity index (χ1) is 30.7. The minimum atomic E-state index is -1.15. The summed E-state index contributed by atoms with van der Waals surface area (Å²) >= 11 is 0. The van der Waals surface area contributed by atoms with Gasteiger partial charge in [0, 0.05) is 6.54 Å². The standard InChI is InChI=1S/C48H85N9O9/c1-16-30(14)39-47(65)52-32(20-24(2)3)41(59)49-31(15)40(58)50-33(21-25(4)5)42(60)54-37(28(10)11)45(63)51-34(22-26(6)7)43(61)55-38(29(12)13)46(64)53-35(23-27(8)9)48(66)57-19-17-18-36(57)44(62)56-39/h24-39H,16-23H2,1-15H3,(H,49,59)(H,50,58)(H,51,63)(H,52,65)(H,53,64)(H,54,60)(H,55,61)(H,56,62)/t30-,31-,32-,33-,34-,35-,36-,37-,38-,39-/m0/s1. The molecule has 0 aromatic heterocycles. The number of carbonyl (C=O) groups is 9. The van der Waals surface area contributed by atoms with Crippen LogP contribution in [0.15, 0.2) is 0 Å². The Morgan fingerprint density at radius 3 is 1.18 bits per heavy atom. The highest BCUT2D eigenvalue weighted by molar-refractivity contribution is 5.99. The summed E-state index contributed by atoms with van der Waals surface area (Å²) in [7, 11) is 0. The van der Waals surface area contributed by atoms with E-state index >= 15 is 0 Å². The molecule has 2 heterocycles. The molecule has 18 heteroatoms. The van der Waals surface area contributed by atoms with Gasteiger partial charge in [-0.25, -0.2) is 0 Å². The van der Waals surface area contributed by atoms with E-state index < -0.39 is 119 Å². The van der Waals surface area contributed by atoms with Crippen LogP contribution in [0, 0.1) is 41.4 Å². The summed E-state index contributed by atoms with van der Waals surface area (Å²) in [6.07, 6.45) is 2.14. The van der Waals surface area contributed by atoms with Crippen LogP contribution in [0.4, 0.5) is 0 Å². The van der Waals surface area contributed by atoms with Crippen LogP contribution in [0.1, 0.15) is 149 Å². The predicted molar refractivity (Wildman–Crippen MR) is 253 cm³/mol. The quantitative estimate of drug-likeness (QED) is 0.143. The lowest BCUT2D eigenvalue weighted by Gasteiger charge is -2.33. The number of fused-ring (bicyclic) bond motifs is 1. The lowest BCUT2D eigenvalue weighted by atomic mass is 9.96. The fourth-order valence-electron chi connectivity index (χ4n) is 8.29. The molecule has 2 aliphatic heterocycles. The van der Waals surface area contributed by atoms with Crippen LogP contribution in [-0.4, -0.2) is 119 Å². The van der Waals surface area contributed by atoms with Crippen LogP contribution in [0.2, 0.25) is 0 Å². The van der Waals surface area contributed by atoms with E-state index in [1.807, 2.05) is 62.3 Å². The molecule has 0 bridgehead atoms. The lowest BCUT2D eigenvalue weighted by molar-refractivity contribution is -0.143. The normalized spacial score (nSPS) is 28.3. The fraction of sp³-hybridized carbons (Fsp3) is 0.812. The largest absolute Gasteiger partial charge is 0.343 e. The monoisotopic (exact) mass is 932 g/mol. The third-order valence-electron chi connectivity index (χ3n) is 12.2. The van der Waals surface area contributed by atoms with Gasteiger partial charge in [-0.2, -0.15) is 0 Å². The first-order valence-corrected chi connectivity index (χ1v) is 24.4. The van der Waals surface area contributed by atoms with Crippen LogP contribution in [0.3, 0.4) is 0 Å². The van der Waals surface area contributed by atoms with Crippen molar-refractivity contribution in [3.63, 3.8) is 0 Å². The first kappa shape index (κ1) is 57.4. The van der Waals surface area contributed by atoms with E-state index in [2.05, 4.69) is 42.5 Å². The van der Waals surface area contributed by atoms with Gasteiger partial charge in [0.15, 0.2) is 0 Å². The molecular weight excluding hydrogens is 847 g/mol. The summed E-state index contributed by atoms with van der Waals surface area (Å²) in [5.41, 5.74) is 0. The molecule has 376 valence electrons. The maximum atomic E-state index is 14.5. The topological polar surface area (TPSA) is 253 Å². The number of nitrogens with zero attached hydrogens (tertiary/aromatic N) is 1. The van der Waals surface area contributed by atoms with Gasteiger partial charge in [-0.05, 0) is 86.9 Å². The zero-order valence-corrected chi connectivity index (χ0v) is 42.5. The Balaban J connectivity index is 2.75. The summed E-state index contributed by atoms with van der Waals surface area (Å²) in [4.78, 5) is 128. The third kappa shape index (κ3) is 17.5. The molecule has 10 atom stereocenters. The van der Waals surface area contributed by atoms with Crippen LogP contribution in [0.25, 0.3) is 0 Å². The molecule has 2 rings (SSSR count). The maximum absolute atomic E-state index is 14.5. The molecule has 66 heavy (non-hydrogen) atoms. The highest BCUT2D eigenvalue weighted by Gasteiger charge is 2.42. The van der Waals surface area contributed by atoms with Crippen LogP contribution in [-0.2, 0) is 43.2 Å². The van der Waals surface area contributed by atoms with Crippen molar-refractivity contribution in [3.8, 4) is 0 Å². The smallest absolute Gasteiger partial charge is 0.245 e. The molecular formula is C48H85N9O9. The van der Waals surface area contributed by atoms with Gasteiger partial charge in [0.05, 0.1) is 0 Å². The summed E-state index contributed by atoms with van der Waals surface area (Å²) in [6.45, 7) is 27.4. The summed E-state index contributed by atoms with van der Waals surface area (Å²) in [5, 5.41) is 22.4. The Morgan fingerprint density at radius 2 is 0.788 bits per heavy atom. The molecule has 0 saturated carbocycles. The molecule has 0 radical (unpaired) electrons. The van der Waals surface area contributed by atoms with Crippen molar-refractivity contribution in [3.05, 3.63) is 0 Å². The van der Waals surface area contributed by atoms with Crippen LogP contribution >= 0.6 is 0 Å². The second-order valence-electron chi connectivity index (χ2n) is 21.0. The molecule has 2 saturated heterocycles. The Morgan fingerprint density at radius 1 is 0.439 bits per heavy atom. The molecule has 0 aromatic carbocycles. The Kier molecular flexibility index (Phi) is 23.1. The van der Waals surface area contributed by atoms with Crippen molar-refractivity contribution >= 4 is 53.2 Å². The Labute approximate surface area is 393 Å². The van der Waals surface area contributed by atoms with Gasteiger partial charge in [-0.15, -0.1) is 0 Å². The summed E-state index contributed by atoms with van der Waals surface area (Å²) in [5.74, 6) is -7.04. The molecule has 2 aliphatic rings. The second-order valence-corrected chi connectivity index (χ2v) is 21.0. The van der Waals surface area contributed by atoms with E-state index in [-0.39, 0.29) is 61.8 Å². The molecule has 0 aliphatic carbocycles. The number of hydrogen-bond acceptors (Lipinski definition) is 9. The number of carbonyl (C=O) groups excluding carboxylic acids is 9. The average Bonchev–Trinajstić information content (AvgIpc) is 3.71. The Bertz CT molecular complexity index is 1700. The van der Waals surface area contributed by atoms with Crippen molar-refractivity contribution in [1.82, 2.24) is 47.4 Å². The van der Waals surface area contributed by atoms with Gasteiger partial charge in [0.2, 0.25) is 53.2 Å². The molecule has 18 nitrogen and oxygen atoms in total. The zero-order valence-electron chi connectivity index (χ0n) is 42.5. The maximum Gasteiger partial charge on any atom is 0.245 e. The second kappa shape index (κ2) is 26.5. The zero-order chi connectivity index (χ0) is 50.3. The number of nitrogens with one attached hydrogen (secondary N) is 8. The highest BCUT2D eigenvalue weighted by atomic mass is 16.2. The number of amides is 9. The van der Waals surface area contributed by atoms with E-state index in [0.717, 1.165) is 0 Å². The van der Waals surface area contributed by atoms with Gasteiger partial charge < -0.3 is 47.4 Å². The molecule has 0 spiro atoms. The van der Waals surface area contributed by atoms with Crippen molar-refractivity contribution in [2.45, 2.75) is 203 Å². The van der Waals surface area contributed by atoms with Crippen molar-refractivity contribution in [2.75, 3.05) is 6.54 Å². The molecule has 2 fully saturated rings. The van der Waals surface area contributed by atoms with Gasteiger partial charge in [0.25, 0.3) is 0 Å². The molecule has 0 aromatic rings. The first-order valence-electron chi connectivity index (χ1n) is 24.4. The minimum absolute atomic E-state index is 0.0575. The SMILES string of the molecule is CC[C@H](C)[C@@H]1NC(=O)[C@@H]2CCCN2C(=O)[C@H](CC(C)C)NC(=O)[C@H](C(C)C)NC(=O)[C@H](CC(C)C)NC(=O)[C@H](C(C)C)NC(=O)[C@H](CC(C)C)NC(=O)[C@H](C)NC(=O)[C@H](CC(C)C)NC1=O. The summed E-state index contributed by atoms with van der Waals surface area (Å²) < 4.78 is 0. The van der Waals surface area contributed by atoms with Crippen molar-refractivity contribution < 1.29 is 43.2 Å². The predicted octanol–water partition coefficient (Wildman–Crippen LogP) is 2.43. The fourth-order valence-corrected chi connectivity index (χ4v) is 8.29. The van der Waals surface area contributed by atoms with E-state index in [4.69, 9.17) is 0 Å². The number of rotatable bonds is 12. The molecule has 8 N–H and O–H groups in total. The number of hydrogen-bond donors (Lipinski definition) is 8. The van der Waals surface area contributed by atoms with Crippen molar-refractivity contribution in [2.24, 2.45) is 41.4 Å². The van der Waals surface area contributed by atoms with Gasteiger partial charge >= 0.3 is 0 Å². The van der Waals surface area contributed by atoms with Crippen molar-refractivity contribution in [1.29, 1.82) is 0 Å². The minimum Gasteiger partial charge on any atom is -0.343 e. The average molecular weight is 932 g/mol. The van der Waals surface area contributed by atoms with Gasteiger partial charge in [0.1, 0.15) is 54.4 Å². The van der Waals surface area contributed by atoms with Gasteiger partial charge in [-0.3, -0.25) is 43.2 Å². The van der Waals surface area contributed by atoms with E-state index in [1.165, 1.54) is 11.8 Å². The van der Waals surface area contributed by atoms with Crippen LogP contribution in [0.5, 0.6) is 0 Å². The van der Waals surface area contributed by atoms with E-state index in [9.17, 15) is 43.2 Å². The highest BCUT2D eigenvalue weighted by Crippen LogP contribution is 2.22. The van der Waals surface area contributed by atoms with Crippen LogP contribution < -0.4 is 42.5 Å². The third-order valence-corrected chi connectivity index (χ3v) is 12.2. The molecule has 0 unspecified atom stereocenters. The lowest BCUT2D eigenvalue weighted by Crippen LogP contribution is -2.61. The van der Waals surface area contributed by atoms with E-state index in [1.54, 1.807) is 34.6 Å². The van der Waals surface area contributed by atoms with Gasteiger partial charge in [-0.1, -0.05) is 103 Å². The van der Waals surface area contributed by atoms with E-state index in [0.29, 0.717) is 19.3 Å².